The van der Waals surface area contributed by atoms with Crippen LogP contribution >= 0.6 is 11.8 Å². The van der Waals surface area contributed by atoms with Crippen LogP contribution in [0.5, 0.6) is 0 Å². The molecule has 0 aliphatic carbocycles. The van der Waals surface area contributed by atoms with Crippen LogP contribution in [0.4, 0.5) is 4.39 Å². The molecule has 0 radical (unpaired) electrons. The molecule has 0 saturated carbocycles. The zero-order valence-corrected chi connectivity index (χ0v) is 10.1. The Morgan fingerprint density at radius 2 is 2.19 bits per heavy atom. The Labute approximate surface area is 99.2 Å². The summed E-state index contributed by atoms with van der Waals surface area (Å²) in [7, 11) is 0. The van der Waals surface area contributed by atoms with Gasteiger partial charge in [-0.1, -0.05) is 25.1 Å². The molecule has 88 valence electrons. The maximum absolute atomic E-state index is 13.2. The van der Waals surface area contributed by atoms with E-state index in [1.807, 2.05) is 0 Å². The summed E-state index contributed by atoms with van der Waals surface area (Å²) in [5.74, 6) is 0.648. The Hall–Kier alpha value is -1.03. The van der Waals surface area contributed by atoms with E-state index in [4.69, 9.17) is 4.74 Å². The lowest BCUT2D eigenvalue weighted by Crippen LogP contribution is -2.08. The highest BCUT2D eigenvalue weighted by Gasteiger charge is 2.05. The van der Waals surface area contributed by atoms with E-state index in [1.54, 1.807) is 18.2 Å². The lowest BCUT2D eigenvalue weighted by molar-refractivity contribution is -0.141. The van der Waals surface area contributed by atoms with Crippen molar-refractivity contribution < 1.29 is 13.9 Å². The molecule has 0 N–H and O–H groups in total. The zero-order chi connectivity index (χ0) is 11.8. The minimum Gasteiger partial charge on any atom is -0.460 e. The van der Waals surface area contributed by atoms with Gasteiger partial charge < -0.3 is 4.74 Å². The first-order valence-electron chi connectivity index (χ1n) is 5.20. The van der Waals surface area contributed by atoms with Crippen molar-refractivity contribution in [3.8, 4) is 0 Å². The van der Waals surface area contributed by atoms with Crippen molar-refractivity contribution in [3.05, 3.63) is 35.6 Å². The summed E-state index contributed by atoms with van der Waals surface area (Å²) in [5, 5.41) is 0. The summed E-state index contributed by atoms with van der Waals surface area (Å²) in [6, 6.07) is 6.30. The van der Waals surface area contributed by atoms with E-state index in [2.05, 4.69) is 6.92 Å². The normalized spacial score (nSPS) is 10.1. The van der Waals surface area contributed by atoms with Crippen molar-refractivity contribution in [1.29, 1.82) is 0 Å². The molecule has 1 rings (SSSR count). The average molecular weight is 242 g/mol. The Bertz CT molecular complexity index is 342. The van der Waals surface area contributed by atoms with Crippen LogP contribution in [0, 0.1) is 5.82 Å². The molecule has 0 atom stereocenters. The first kappa shape index (κ1) is 13.0. The number of carbonyl (C=O) groups excluding carboxylic acids is 1. The molecule has 0 aliphatic rings. The van der Waals surface area contributed by atoms with Gasteiger partial charge in [-0.2, -0.15) is 11.8 Å². The van der Waals surface area contributed by atoms with Crippen LogP contribution in [-0.2, 0) is 16.1 Å². The van der Waals surface area contributed by atoms with Gasteiger partial charge in [0, 0.05) is 5.56 Å². The predicted octanol–water partition coefficient (Wildman–Crippen LogP) is 3.01. The first-order valence-corrected chi connectivity index (χ1v) is 6.36. The third-order valence-electron chi connectivity index (χ3n) is 1.91. The summed E-state index contributed by atoms with van der Waals surface area (Å²) in [6.07, 6.45) is 1.03. The summed E-state index contributed by atoms with van der Waals surface area (Å²) >= 11 is 1.53. The van der Waals surface area contributed by atoms with E-state index in [9.17, 15) is 9.18 Å². The molecule has 0 bridgehead atoms. The molecule has 0 aromatic heterocycles. The van der Waals surface area contributed by atoms with E-state index in [0.717, 1.165) is 12.2 Å². The minimum atomic E-state index is -0.337. The van der Waals surface area contributed by atoms with Gasteiger partial charge in [0.25, 0.3) is 0 Å². The number of ether oxygens (including phenoxy) is 1. The van der Waals surface area contributed by atoms with Gasteiger partial charge >= 0.3 is 5.97 Å². The zero-order valence-electron chi connectivity index (χ0n) is 9.24. The number of benzene rings is 1. The van der Waals surface area contributed by atoms with Crippen molar-refractivity contribution in [2.24, 2.45) is 0 Å². The highest BCUT2D eigenvalue weighted by atomic mass is 32.2. The van der Waals surface area contributed by atoms with Crippen LogP contribution < -0.4 is 0 Å². The van der Waals surface area contributed by atoms with Crippen LogP contribution in [0.3, 0.4) is 0 Å². The van der Waals surface area contributed by atoms with Crippen LogP contribution in [0.15, 0.2) is 24.3 Å². The number of thioether (sulfide) groups is 1. The maximum Gasteiger partial charge on any atom is 0.316 e. The fourth-order valence-electron chi connectivity index (χ4n) is 1.12. The smallest absolute Gasteiger partial charge is 0.316 e. The van der Waals surface area contributed by atoms with Gasteiger partial charge in [-0.05, 0) is 18.2 Å². The Kier molecular flexibility index (Phi) is 5.93. The lowest BCUT2D eigenvalue weighted by Gasteiger charge is -2.05. The van der Waals surface area contributed by atoms with Crippen LogP contribution in [0.25, 0.3) is 0 Å². The number of hydrogen-bond donors (Lipinski definition) is 0. The molecule has 4 heteroatoms. The van der Waals surface area contributed by atoms with Gasteiger partial charge in [-0.25, -0.2) is 4.39 Å². The molecule has 2 nitrogen and oxygen atoms in total. The Morgan fingerprint density at radius 1 is 1.44 bits per heavy atom. The highest BCUT2D eigenvalue weighted by Crippen LogP contribution is 2.09. The number of carbonyl (C=O) groups is 1. The fraction of sp³-hybridized carbons (Fsp3) is 0.417. The molecule has 0 amide bonds. The monoisotopic (exact) mass is 242 g/mol. The van der Waals surface area contributed by atoms with Gasteiger partial charge in [-0.15, -0.1) is 0 Å². The SMILES string of the molecule is CCCSCC(=O)OCc1ccccc1F. The minimum absolute atomic E-state index is 0.0121. The molecule has 0 spiro atoms. The molecule has 0 aliphatic heterocycles. The Balaban J connectivity index is 2.29. The largest absolute Gasteiger partial charge is 0.460 e. The Morgan fingerprint density at radius 3 is 2.88 bits per heavy atom. The third-order valence-corrected chi connectivity index (χ3v) is 3.05. The maximum atomic E-state index is 13.2. The van der Waals surface area contributed by atoms with Gasteiger partial charge in [0.15, 0.2) is 0 Å². The molecule has 1 aromatic rings. The highest BCUT2D eigenvalue weighted by molar-refractivity contribution is 7.99. The topological polar surface area (TPSA) is 26.3 Å². The van der Waals surface area contributed by atoms with Crippen LogP contribution in [-0.4, -0.2) is 17.5 Å². The van der Waals surface area contributed by atoms with Gasteiger partial charge in [0.1, 0.15) is 12.4 Å². The molecule has 0 fully saturated rings. The quantitative estimate of drug-likeness (QED) is 0.566. The number of hydrogen-bond acceptors (Lipinski definition) is 3. The van der Waals surface area contributed by atoms with E-state index in [-0.39, 0.29) is 18.4 Å². The standard InChI is InChI=1S/C12H15FO2S/c1-2-7-16-9-12(14)15-8-10-5-3-4-6-11(10)13/h3-6H,2,7-9H2,1H3. The second-order valence-corrected chi connectivity index (χ2v) is 4.41. The molecule has 0 unspecified atom stereocenters. The second-order valence-electron chi connectivity index (χ2n) is 3.30. The van der Waals surface area contributed by atoms with Gasteiger partial charge in [-0.3, -0.25) is 4.79 Å². The lowest BCUT2D eigenvalue weighted by atomic mass is 10.2. The van der Waals surface area contributed by atoms with Gasteiger partial charge in [0.05, 0.1) is 5.75 Å². The number of halogens is 1. The molecule has 0 saturated heterocycles. The number of rotatable bonds is 6. The van der Waals surface area contributed by atoms with Crippen molar-refractivity contribution in [3.63, 3.8) is 0 Å². The molecule has 1 aromatic carbocycles. The van der Waals surface area contributed by atoms with Crippen molar-refractivity contribution in [2.45, 2.75) is 20.0 Å². The van der Waals surface area contributed by atoms with Crippen molar-refractivity contribution in [2.75, 3.05) is 11.5 Å². The summed E-state index contributed by atoms with van der Waals surface area (Å²) in [5.41, 5.74) is 0.413. The van der Waals surface area contributed by atoms with E-state index >= 15 is 0 Å². The van der Waals surface area contributed by atoms with E-state index in [0.29, 0.717) is 11.3 Å². The van der Waals surface area contributed by atoms with Crippen LogP contribution in [0.1, 0.15) is 18.9 Å². The molecular formula is C12H15FO2S. The molecule has 16 heavy (non-hydrogen) atoms. The summed E-state index contributed by atoms with van der Waals surface area (Å²) < 4.78 is 18.1. The summed E-state index contributed by atoms with van der Waals surface area (Å²) in [4.78, 5) is 11.2. The first-order chi connectivity index (χ1) is 7.74. The molecular weight excluding hydrogens is 227 g/mol. The fourth-order valence-corrected chi connectivity index (χ4v) is 1.80. The number of esters is 1. The van der Waals surface area contributed by atoms with Crippen LogP contribution in [0.2, 0.25) is 0 Å². The van der Waals surface area contributed by atoms with E-state index in [1.165, 1.54) is 17.8 Å². The predicted molar refractivity (Wildman–Crippen MR) is 63.8 cm³/mol. The second kappa shape index (κ2) is 7.28. The molecule has 0 heterocycles. The van der Waals surface area contributed by atoms with Gasteiger partial charge in [0.2, 0.25) is 0 Å². The van der Waals surface area contributed by atoms with Crippen molar-refractivity contribution in [1.82, 2.24) is 0 Å². The van der Waals surface area contributed by atoms with Crippen molar-refractivity contribution >= 4 is 17.7 Å². The van der Waals surface area contributed by atoms with E-state index < -0.39 is 0 Å². The third kappa shape index (κ3) is 4.66. The summed E-state index contributed by atoms with van der Waals surface area (Å²) in [6.45, 7) is 2.07. The average Bonchev–Trinajstić information content (AvgIpc) is 2.28.